The van der Waals surface area contributed by atoms with Crippen LogP contribution in [0.5, 0.6) is 5.75 Å². The smallest absolute Gasteiger partial charge is 0.230 e. The fourth-order valence-electron chi connectivity index (χ4n) is 3.56. The van der Waals surface area contributed by atoms with E-state index in [1.54, 1.807) is 24.1 Å². The Morgan fingerprint density at radius 2 is 1.85 bits per heavy atom. The predicted molar refractivity (Wildman–Crippen MR) is 105 cm³/mol. The molecule has 150 valence electrons. The van der Waals surface area contributed by atoms with E-state index < -0.39 is 0 Å². The molecule has 2 rings (SSSR count). The van der Waals surface area contributed by atoms with Crippen LogP contribution in [-0.4, -0.2) is 69.6 Å². The van der Waals surface area contributed by atoms with Gasteiger partial charge in [-0.1, -0.05) is 12.8 Å². The Morgan fingerprint density at radius 3 is 2.41 bits per heavy atom. The summed E-state index contributed by atoms with van der Waals surface area (Å²) in [5.74, 6) is 1.27. The number of aliphatic imine (C=N–C) groups is 1. The van der Waals surface area contributed by atoms with Gasteiger partial charge in [0.1, 0.15) is 18.2 Å². The van der Waals surface area contributed by atoms with E-state index in [9.17, 15) is 9.18 Å². The lowest BCUT2D eigenvalue weighted by molar-refractivity contribution is -0.138. The summed E-state index contributed by atoms with van der Waals surface area (Å²) in [5.41, 5.74) is -0.342. The van der Waals surface area contributed by atoms with Crippen LogP contribution in [0, 0.1) is 11.2 Å². The molecular weight excluding hydrogens is 347 g/mol. The van der Waals surface area contributed by atoms with Crippen molar-refractivity contribution in [2.45, 2.75) is 25.7 Å². The van der Waals surface area contributed by atoms with Gasteiger partial charge >= 0.3 is 0 Å². The Kier molecular flexibility index (Phi) is 7.45. The number of hydrogen-bond acceptors (Lipinski definition) is 3. The SMILES string of the molecule is CN=C(NCC1(C(=O)N(C)C)CCCC1)N(C)CCOc1ccc(F)cc1. The molecule has 0 heterocycles. The largest absolute Gasteiger partial charge is 0.492 e. The summed E-state index contributed by atoms with van der Waals surface area (Å²) in [6, 6.07) is 5.98. The molecule has 0 aliphatic heterocycles. The molecule has 1 amide bonds. The highest BCUT2D eigenvalue weighted by Gasteiger charge is 2.42. The van der Waals surface area contributed by atoms with Crippen LogP contribution in [-0.2, 0) is 4.79 Å². The fraction of sp³-hybridized carbons (Fsp3) is 0.600. The minimum absolute atomic E-state index is 0.185. The fourth-order valence-corrected chi connectivity index (χ4v) is 3.56. The number of likely N-dealkylation sites (N-methyl/N-ethyl adjacent to an activating group) is 1. The highest BCUT2D eigenvalue weighted by molar-refractivity contribution is 5.85. The number of amides is 1. The minimum atomic E-state index is -0.342. The number of guanidine groups is 1. The van der Waals surface area contributed by atoms with Gasteiger partial charge in [0.2, 0.25) is 5.91 Å². The number of hydrogen-bond donors (Lipinski definition) is 1. The monoisotopic (exact) mass is 378 g/mol. The summed E-state index contributed by atoms with van der Waals surface area (Å²) in [5, 5.41) is 3.37. The van der Waals surface area contributed by atoms with Gasteiger partial charge in [-0.2, -0.15) is 0 Å². The summed E-state index contributed by atoms with van der Waals surface area (Å²) in [4.78, 5) is 20.7. The van der Waals surface area contributed by atoms with E-state index in [1.807, 2.05) is 26.0 Å². The predicted octanol–water partition coefficient (Wildman–Crippen LogP) is 2.36. The quantitative estimate of drug-likeness (QED) is 0.585. The van der Waals surface area contributed by atoms with E-state index in [0.29, 0.717) is 25.4 Å². The molecule has 27 heavy (non-hydrogen) atoms. The molecule has 1 aliphatic rings. The van der Waals surface area contributed by atoms with Gasteiger partial charge in [-0.25, -0.2) is 4.39 Å². The lowest BCUT2D eigenvalue weighted by atomic mass is 9.84. The minimum Gasteiger partial charge on any atom is -0.492 e. The Bertz CT molecular complexity index is 640. The zero-order valence-electron chi connectivity index (χ0n) is 16.8. The van der Waals surface area contributed by atoms with E-state index in [2.05, 4.69) is 10.3 Å². The third-order valence-electron chi connectivity index (χ3n) is 5.09. The van der Waals surface area contributed by atoms with Crippen LogP contribution in [0.4, 0.5) is 4.39 Å². The Hall–Kier alpha value is -2.31. The summed E-state index contributed by atoms with van der Waals surface area (Å²) in [7, 11) is 7.29. The molecular formula is C20H31FN4O2. The highest BCUT2D eigenvalue weighted by atomic mass is 19.1. The van der Waals surface area contributed by atoms with Crippen LogP contribution in [0.3, 0.4) is 0 Å². The second-order valence-electron chi connectivity index (χ2n) is 7.31. The molecule has 0 atom stereocenters. The first kappa shape index (κ1) is 21.0. The lowest BCUT2D eigenvalue weighted by Crippen LogP contribution is -2.50. The molecule has 1 fully saturated rings. The van der Waals surface area contributed by atoms with Crippen molar-refractivity contribution in [2.75, 3.05) is 47.9 Å². The van der Waals surface area contributed by atoms with E-state index in [1.165, 1.54) is 12.1 Å². The number of carbonyl (C=O) groups excluding carboxylic acids is 1. The molecule has 1 saturated carbocycles. The molecule has 0 unspecified atom stereocenters. The number of benzene rings is 1. The van der Waals surface area contributed by atoms with Gasteiger partial charge < -0.3 is 19.9 Å². The molecule has 1 aromatic carbocycles. The summed E-state index contributed by atoms with van der Waals surface area (Å²) in [6.45, 7) is 1.65. The summed E-state index contributed by atoms with van der Waals surface area (Å²) < 4.78 is 18.6. The van der Waals surface area contributed by atoms with E-state index in [0.717, 1.165) is 31.6 Å². The highest BCUT2D eigenvalue weighted by Crippen LogP contribution is 2.38. The van der Waals surface area contributed by atoms with Crippen molar-refractivity contribution in [3.8, 4) is 5.75 Å². The van der Waals surface area contributed by atoms with Gasteiger partial charge in [0.05, 0.1) is 12.0 Å². The summed E-state index contributed by atoms with van der Waals surface area (Å²) in [6.07, 6.45) is 3.99. The van der Waals surface area contributed by atoms with Gasteiger partial charge in [0, 0.05) is 34.7 Å². The molecule has 1 aromatic rings. The van der Waals surface area contributed by atoms with E-state index in [4.69, 9.17) is 4.74 Å². The molecule has 0 radical (unpaired) electrons. The maximum Gasteiger partial charge on any atom is 0.230 e. The Balaban J connectivity index is 1.86. The first-order chi connectivity index (χ1) is 12.9. The molecule has 0 aromatic heterocycles. The van der Waals surface area contributed by atoms with Crippen LogP contribution in [0.2, 0.25) is 0 Å². The van der Waals surface area contributed by atoms with Crippen LogP contribution < -0.4 is 10.1 Å². The van der Waals surface area contributed by atoms with Crippen LogP contribution in [0.25, 0.3) is 0 Å². The first-order valence-electron chi connectivity index (χ1n) is 9.40. The van der Waals surface area contributed by atoms with Gasteiger partial charge in [0.15, 0.2) is 5.96 Å². The van der Waals surface area contributed by atoms with Crippen molar-refractivity contribution < 1.29 is 13.9 Å². The summed E-state index contributed by atoms with van der Waals surface area (Å²) >= 11 is 0. The van der Waals surface area contributed by atoms with E-state index in [-0.39, 0.29) is 17.1 Å². The molecule has 1 N–H and O–H groups in total. The number of nitrogens with zero attached hydrogens (tertiary/aromatic N) is 3. The second-order valence-corrected chi connectivity index (χ2v) is 7.31. The zero-order chi connectivity index (χ0) is 19.9. The maximum absolute atomic E-state index is 12.9. The van der Waals surface area contributed by atoms with Gasteiger partial charge in [-0.05, 0) is 37.1 Å². The molecule has 1 aliphatic carbocycles. The number of nitrogens with one attached hydrogen (secondary N) is 1. The second kappa shape index (κ2) is 9.58. The van der Waals surface area contributed by atoms with Crippen molar-refractivity contribution in [3.05, 3.63) is 30.1 Å². The van der Waals surface area contributed by atoms with Crippen molar-refractivity contribution >= 4 is 11.9 Å². The van der Waals surface area contributed by atoms with E-state index >= 15 is 0 Å². The van der Waals surface area contributed by atoms with Crippen molar-refractivity contribution in [1.29, 1.82) is 0 Å². The molecule has 0 bridgehead atoms. The topological polar surface area (TPSA) is 57.2 Å². The number of carbonyl (C=O) groups is 1. The van der Waals surface area contributed by atoms with Gasteiger partial charge in [-0.3, -0.25) is 9.79 Å². The third kappa shape index (κ3) is 5.58. The van der Waals surface area contributed by atoms with Crippen molar-refractivity contribution in [1.82, 2.24) is 15.1 Å². The Labute approximate surface area is 161 Å². The van der Waals surface area contributed by atoms with Crippen LogP contribution in [0.15, 0.2) is 29.3 Å². The molecule has 0 spiro atoms. The normalized spacial score (nSPS) is 16.1. The molecule has 0 saturated heterocycles. The average Bonchev–Trinajstić information content (AvgIpc) is 3.13. The maximum atomic E-state index is 12.9. The number of halogens is 1. The Morgan fingerprint density at radius 1 is 1.22 bits per heavy atom. The average molecular weight is 378 g/mol. The standard InChI is InChI=1S/C20H31FN4O2/c1-22-19(23-15-20(11-5-6-12-20)18(26)24(2)3)25(4)13-14-27-17-9-7-16(21)8-10-17/h7-10H,5-6,11-15H2,1-4H3,(H,22,23). The first-order valence-corrected chi connectivity index (χ1v) is 9.40. The van der Waals surface area contributed by atoms with Gasteiger partial charge in [-0.15, -0.1) is 0 Å². The lowest BCUT2D eigenvalue weighted by Gasteiger charge is -2.32. The molecule has 6 nitrogen and oxygen atoms in total. The van der Waals surface area contributed by atoms with Crippen LogP contribution >= 0.6 is 0 Å². The number of rotatable bonds is 7. The zero-order valence-corrected chi connectivity index (χ0v) is 16.8. The third-order valence-corrected chi connectivity index (χ3v) is 5.09. The van der Waals surface area contributed by atoms with Crippen LogP contribution in [0.1, 0.15) is 25.7 Å². The van der Waals surface area contributed by atoms with Crippen molar-refractivity contribution in [3.63, 3.8) is 0 Å². The van der Waals surface area contributed by atoms with Crippen molar-refractivity contribution in [2.24, 2.45) is 10.4 Å². The number of ether oxygens (including phenoxy) is 1. The molecule has 7 heteroatoms. The van der Waals surface area contributed by atoms with Gasteiger partial charge in [0.25, 0.3) is 0 Å².